The molecule has 0 radical (unpaired) electrons. The van der Waals surface area contributed by atoms with Gasteiger partial charge in [-0.15, -0.1) is 0 Å². The number of nitrogens with zero attached hydrogens (tertiary/aromatic N) is 2. The molecule has 3 heteroatoms. The van der Waals surface area contributed by atoms with Gasteiger partial charge in [0.15, 0.2) is 0 Å². The van der Waals surface area contributed by atoms with Crippen LogP contribution in [-0.2, 0) is 12.8 Å². The third kappa shape index (κ3) is 0.850. The van der Waals surface area contributed by atoms with Crippen LogP contribution >= 0.6 is 0 Å². The maximum absolute atomic E-state index is 5.62. The summed E-state index contributed by atoms with van der Waals surface area (Å²) in [6.45, 7) is 0. The van der Waals surface area contributed by atoms with Crippen LogP contribution in [0, 0.1) is 0 Å². The summed E-state index contributed by atoms with van der Waals surface area (Å²) in [5, 5.41) is 0. The predicted molar refractivity (Wildman–Crippen MR) is 56.7 cm³/mol. The van der Waals surface area contributed by atoms with Gasteiger partial charge < -0.3 is 4.42 Å². The smallest absolute Gasteiger partial charge is 0.246 e. The van der Waals surface area contributed by atoms with E-state index in [1.807, 2.05) is 24.3 Å². The third-order valence-corrected chi connectivity index (χ3v) is 2.98. The average molecular weight is 196 g/mol. The number of fused-ring (bicyclic) bond motifs is 4. The van der Waals surface area contributed by atoms with E-state index in [4.69, 9.17) is 4.42 Å². The summed E-state index contributed by atoms with van der Waals surface area (Å²) in [7, 11) is 0. The maximum atomic E-state index is 5.62. The first-order valence-corrected chi connectivity index (χ1v) is 5.09. The van der Waals surface area contributed by atoms with Gasteiger partial charge in [-0.3, -0.25) is 0 Å². The summed E-state index contributed by atoms with van der Waals surface area (Å²) in [4.78, 5) is 9.06. The fourth-order valence-electron chi connectivity index (χ4n) is 2.08. The highest BCUT2D eigenvalue weighted by molar-refractivity contribution is 5.86. The first kappa shape index (κ1) is 7.40. The van der Waals surface area contributed by atoms with Crippen molar-refractivity contribution in [3.8, 4) is 0 Å². The highest BCUT2D eigenvalue weighted by Crippen LogP contribution is 2.32. The van der Waals surface area contributed by atoms with E-state index >= 15 is 0 Å². The van der Waals surface area contributed by atoms with Gasteiger partial charge in [-0.1, -0.05) is 12.1 Å². The molecule has 4 rings (SSSR count). The molecule has 0 saturated carbocycles. The molecule has 1 aliphatic carbocycles. The van der Waals surface area contributed by atoms with E-state index in [0.717, 1.165) is 35.2 Å². The number of furan rings is 1. The van der Waals surface area contributed by atoms with Crippen LogP contribution in [0.3, 0.4) is 0 Å². The Labute approximate surface area is 85.8 Å². The number of hydrogen-bond donors (Lipinski definition) is 0. The quantitative estimate of drug-likeness (QED) is 0.554. The van der Waals surface area contributed by atoms with Crippen LogP contribution in [0.2, 0.25) is 0 Å². The van der Waals surface area contributed by atoms with Crippen LogP contribution in [0.4, 0.5) is 0 Å². The van der Waals surface area contributed by atoms with Crippen molar-refractivity contribution in [1.29, 1.82) is 0 Å². The molecule has 72 valence electrons. The Kier molecular flexibility index (Phi) is 1.17. The number of hydrogen-bond acceptors (Lipinski definition) is 3. The van der Waals surface area contributed by atoms with Crippen molar-refractivity contribution in [2.24, 2.45) is 0 Å². The summed E-state index contributed by atoms with van der Waals surface area (Å²) < 4.78 is 5.62. The van der Waals surface area contributed by atoms with Crippen molar-refractivity contribution < 1.29 is 4.42 Å². The molecule has 1 aliphatic rings. The lowest BCUT2D eigenvalue weighted by Gasteiger charge is -2.08. The minimum Gasteiger partial charge on any atom is -0.441 e. The van der Waals surface area contributed by atoms with E-state index in [1.54, 1.807) is 0 Å². The molecule has 3 nitrogen and oxygen atoms in total. The topological polar surface area (TPSA) is 38.9 Å². The predicted octanol–water partition coefficient (Wildman–Crippen LogP) is 2.47. The molecule has 15 heavy (non-hydrogen) atoms. The summed E-state index contributed by atoms with van der Waals surface area (Å²) in [5.41, 5.74) is 4.74. The van der Waals surface area contributed by atoms with E-state index in [1.165, 1.54) is 5.56 Å². The van der Waals surface area contributed by atoms with E-state index in [0.29, 0.717) is 5.71 Å². The maximum Gasteiger partial charge on any atom is 0.246 e. The molecule has 0 unspecified atom stereocenters. The van der Waals surface area contributed by atoms with Crippen molar-refractivity contribution in [3.05, 3.63) is 35.6 Å². The monoisotopic (exact) mass is 196 g/mol. The normalized spacial score (nSPS) is 14.1. The molecule has 2 aromatic heterocycles. The minimum atomic E-state index is 0.691. The van der Waals surface area contributed by atoms with Crippen molar-refractivity contribution in [2.45, 2.75) is 12.8 Å². The average Bonchev–Trinajstić information content (AvgIpc) is 2.47. The molecule has 0 atom stereocenters. The SMILES string of the molecule is c1ccc2nc3c4c(oc3nc2c1)CC4. The van der Waals surface area contributed by atoms with Gasteiger partial charge in [-0.05, 0) is 18.6 Å². The zero-order chi connectivity index (χ0) is 9.83. The number of benzene rings is 1. The molecule has 0 saturated heterocycles. The van der Waals surface area contributed by atoms with E-state index in [2.05, 4.69) is 9.97 Å². The largest absolute Gasteiger partial charge is 0.441 e. The Balaban J connectivity index is 2.23. The molecule has 1 aromatic carbocycles. The van der Waals surface area contributed by atoms with E-state index in [-0.39, 0.29) is 0 Å². The first-order valence-electron chi connectivity index (χ1n) is 5.09. The fourth-order valence-corrected chi connectivity index (χ4v) is 2.08. The van der Waals surface area contributed by atoms with Gasteiger partial charge in [-0.25, -0.2) is 9.97 Å². The lowest BCUT2D eigenvalue weighted by atomic mass is 9.97. The van der Waals surface area contributed by atoms with Crippen LogP contribution in [0.1, 0.15) is 11.3 Å². The number of aromatic nitrogens is 2. The van der Waals surface area contributed by atoms with Crippen LogP contribution in [0.25, 0.3) is 22.3 Å². The Bertz CT molecular complexity index is 684. The van der Waals surface area contributed by atoms with Gasteiger partial charge in [0.25, 0.3) is 0 Å². The fraction of sp³-hybridized carbons (Fsp3) is 0.167. The Morgan fingerprint density at radius 1 is 1.00 bits per heavy atom. The van der Waals surface area contributed by atoms with Crippen LogP contribution in [-0.4, -0.2) is 9.97 Å². The summed E-state index contributed by atoms with van der Waals surface area (Å²) in [6, 6.07) is 7.89. The highest BCUT2D eigenvalue weighted by Gasteiger charge is 2.24. The molecule has 0 aliphatic heterocycles. The van der Waals surface area contributed by atoms with Gasteiger partial charge in [-0.2, -0.15) is 0 Å². The molecule has 0 fully saturated rings. The Hall–Kier alpha value is -1.90. The van der Waals surface area contributed by atoms with E-state index < -0.39 is 0 Å². The van der Waals surface area contributed by atoms with Gasteiger partial charge in [0.05, 0.1) is 11.0 Å². The molecular weight excluding hydrogens is 188 g/mol. The Morgan fingerprint density at radius 2 is 1.80 bits per heavy atom. The van der Waals surface area contributed by atoms with Crippen molar-refractivity contribution in [1.82, 2.24) is 9.97 Å². The van der Waals surface area contributed by atoms with Crippen molar-refractivity contribution in [2.75, 3.05) is 0 Å². The van der Waals surface area contributed by atoms with Crippen molar-refractivity contribution >= 4 is 22.3 Å². The van der Waals surface area contributed by atoms with Crippen molar-refractivity contribution in [3.63, 3.8) is 0 Å². The lowest BCUT2D eigenvalue weighted by Crippen LogP contribution is -2.04. The van der Waals surface area contributed by atoms with Gasteiger partial charge in [0.2, 0.25) is 5.71 Å². The lowest BCUT2D eigenvalue weighted by molar-refractivity contribution is 0.505. The zero-order valence-electron chi connectivity index (χ0n) is 8.03. The first-order chi connectivity index (χ1) is 7.42. The second-order valence-electron chi connectivity index (χ2n) is 3.87. The number of aryl methyl sites for hydroxylation is 2. The number of rotatable bonds is 0. The third-order valence-electron chi connectivity index (χ3n) is 2.98. The van der Waals surface area contributed by atoms with Gasteiger partial charge >= 0.3 is 0 Å². The van der Waals surface area contributed by atoms with Crippen LogP contribution < -0.4 is 0 Å². The minimum absolute atomic E-state index is 0.691. The molecule has 0 bridgehead atoms. The van der Waals surface area contributed by atoms with Gasteiger partial charge in [0.1, 0.15) is 11.3 Å². The second kappa shape index (κ2) is 2.37. The molecule has 0 spiro atoms. The molecule has 0 N–H and O–H groups in total. The summed E-state index contributed by atoms with van der Waals surface area (Å²) in [5.74, 6) is 1.07. The summed E-state index contributed by atoms with van der Waals surface area (Å²) in [6.07, 6.45) is 2.11. The van der Waals surface area contributed by atoms with Crippen LogP contribution in [0.15, 0.2) is 28.7 Å². The molecular formula is C12H8N2O. The second-order valence-corrected chi connectivity index (χ2v) is 3.87. The Morgan fingerprint density at radius 3 is 2.53 bits per heavy atom. The number of para-hydroxylation sites is 2. The molecule has 0 amide bonds. The highest BCUT2D eigenvalue weighted by atomic mass is 16.3. The van der Waals surface area contributed by atoms with Crippen LogP contribution in [0.5, 0.6) is 0 Å². The van der Waals surface area contributed by atoms with Gasteiger partial charge in [0, 0.05) is 12.0 Å². The zero-order valence-corrected chi connectivity index (χ0v) is 8.03. The molecule has 2 heterocycles. The molecule has 3 aromatic rings. The standard InChI is InChI=1S/C12H8N2O/c1-2-4-9-8(3-1)13-11-7-5-6-10(7)15-12(11)14-9/h1-4H,5-6H2. The summed E-state index contributed by atoms with van der Waals surface area (Å²) >= 11 is 0. The van der Waals surface area contributed by atoms with E-state index in [9.17, 15) is 0 Å².